The summed E-state index contributed by atoms with van der Waals surface area (Å²) >= 11 is 0. The van der Waals surface area contributed by atoms with Crippen LogP contribution in [0, 0.1) is 0 Å². The molecule has 0 saturated carbocycles. The highest BCUT2D eigenvalue weighted by molar-refractivity contribution is 5.97. The zero-order chi connectivity index (χ0) is 18.8. The van der Waals surface area contributed by atoms with Crippen LogP contribution in [0.25, 0.3) is 0 Å². The van der Waals surface area contributed by atoms with Gasteiger partial charge in [-0.15, -0.1) is 0 Å². The molecule has 0 fully saturated rings. The fraction of sp³-hybridized carbons (Fsp3) is 0.333. The van der Waals surface area contributed by atoms with Crippen LogP contribution in [-0.2, 0) is 5.41 Å². The second-order valence-corrected chi connectivity index (χ2v) is 6.37. The van der Waals surface area contributed by atoms with Gasteiger partial charge in [0.2, 0.25) is 0 Å². The predicted molar refractivity (Wildman–Crippen MR) is 97.6 cm³/mol. The Labute approximate surface area is 148 Å². The van der Waals surface area contributed by atoms with Crippen LogP contribution in [0.4, 0.5) is 0 Å². The van der Waals surface area contributed by atoms with Gasteiger partial charge in [0.05, 0.1) is 11.1 Å². The minimum absolute atomic E-state index is 0.0347. The average Bonchev–Trinajstić information content (AvgIpc) is 2.58. The van der Waals surface area contributed by atoms with Crippen molar-refractivity contribution in [3.63, 3.8) is 0 Å². The van der Waals surface area contributed by atoms with E-state index in [1.807, 2.05) is 26.0 Å². The van der Waals surface area contributed by atoms with Crippen LogP contribution in [-0.4, -0.2) is 21.8 Å². The first-order valence-electron chi connectivity index (χ1n) is 8.45. The van der Waals surface area contributed by atoms with Crippen molar-refractivity contribution in [2.24, 2.45) is 0 Å². The van der Waals surface area contributed by atoms with Crippen molar-refractivity contribution in [2.75, 3.05) is 0 Å². The van der Waals surface area contributed by atoms with Gasteiger partial charge in [0, 0.05) is 5.41 Å². The lowest BCUT2D eigenvalue weighted by molar-refractivity contribution is 0.100. The molecule has 4 heteroatoms. The largest absolute Gasteiger partial charge is 0.507 e. The maximum atomic E-state index is 11.8. The fourth-order valence-electron chi connectivity index (χ4n) is 3.46. The van der Waals surface area contributed by atoms with E-state index in [1.165, 1.54) is 13.8 Å². The smallest absolute Gasteiger partial charge is 0.163 e. The van der Waals surface area contributed by atoms with Crippen molar-refractivity contribution < 1.29 is 19.8 Å². The van der Waals surface area contributed by atoms with E-state index >= 15 is 0 Å². The molecule has 2 aromatic carbocycles. The maximum Gasteiger partial charge on any atom is 0.163 e. The van der Waals surface area contributed by atoms with E-state index in [0.29, 0.717) is 0 Å². The highest BCUT2D eigenvalue weighted by Crippen LogP contribution is 2.41. The van der Waals surface area contributed by atoms with Gasteiger partial charge < -0.3 is 10.2 Å². The summed E-state index contributed by atoms with van der Waals surface area (Å²) in [5.74, 6) is -0.467. The summed E-state index contributed by atoms with van der Waals surface area (Å²) in [4.78, 5) is 23.6. The van der Waals surface area contributed by atoms with Crippen LogP contribution < -0.4 is 0 Å². The SMILES string of the molecule is CCC(CC)(c1ccc(O)c(C(C)=O)c1)c1ccc(O)c(C(C)=O)c1. The highest BCUT2D eigenvalue weighted by atomic mass is 16.3. The van der Waals surface area contributed by atoms with E-state index in [1.54, 1.807) is 24.3 Å². The van der Waals surface area contributed by atoms with Gasteiger partial charge in [-0.3, -0.25) is 9.59 Å². The lowest BCUT2D eigenvalue weighted by atomic mass is 9.69. The average molecular weight is 340 g/mol. The molecule has 2 aromatic rings. The van der Waals surface area contributed by atoms with E-state index in [2.05, 4.69) is 0 Å². The molecule has 0 amide bonds. The molecule has 0 radical (unpaired) electrons. The topological polar surface area (TPSA) is 74.6 Å². The Balaban J connectivity index is 2.72. The minimum atomic E-state index is -0.421. The molecule has 0 aromatic heterocycles. The van der Waals surface area contributed by atoms with Gasteiger partial charge in [0.25, 0.3) is 0 Å². The van der Waals surface area contributed by atoms with Crippen LogP contribution in [0.2, 0.25) is 0 Å². The van der Waals surface area contributed by atoms with Crippen molar-refractivity contribution in [3.05, 3.63) is 58.7 Å². The number of Topliss-reactive ketones (excluding diaryl/α,β-unsaturated/α-hetero) is 2. The summed E-state index contributed by atoms with van der Waals surface area (Å²) in [6, 6.07) is 10.2. The molecule has 0 spiro atoms. The van der Waals surface area contributed by atoms with Gasteiger partial charge in [0.1, 0.15) is 11.5 Å². The Morgan fingerprint density at radius 2 is 1.16 bits per heavy atom. The first-order chi connectivity index (χ1) is 11.8. The third-order valence-corrected chi connectivity index (χ3v) is 5.06. The second kappa shape index (κ2) is 7.09. The molecule has 0 heterocycles. The summed E-state index contributed by atoms with van der Waals surface area (Å²) < 4.78 is 0. The number of carbonyl (C=O) groups excluding carboxylic acids is 2. The van der Waals surface area contributed by atoms with E-state index in [-0.39, 0.29) is 34.2 Å². The van der Waals surface area contributed by atoms with Gasteiger partial charge in [-0.2, -0.15) is 0 Å². The predicted octanol–water partition coefficient (Wildman–Crippen LogP) is 4.61. The molecule has 2 N–H and O–H groups in total. The first-order valence-corrected chi connectivity index (χ1v) is 8.45. The van der Waals surface area contributed by atoms with Crippen LogP contribution in [0.1, 0.15) is 72.4 Å². The fourth-order valence-corrected chi connectivity index (χ4v) is 3.46. The summed E-state index contributed by atoms with van der Waals surface area (Å²) in [5, 5.41) is 19.9. The molecule has 0 atom stereocenters. The van der Waals surface area contributed by atoms with E-state index in [0.717, 1.165) is 24.0 Å². The Morgan fingerprint density at radius 3 is 1.44 bits per heavy atom. The molecular weight excluding hydrogens is 316 g/mol. The Morgan fingerprint density at radius 1 is 0.800 bits per heavy atom. The number of hydrogen-bond donors (Lipinski definition) is 2. The molecule has 0 aliphatic rings. The standard InChI is InChI=1S/C21H24O4/c1-5-21(6-2,15-7-9-19(24)17(11-15)13(3)22)16-8-10-20(25)18(12-16)14(4)23/h7-12,24-25H,5-6H2,1-4H3. The van der Waals surface area contributed by atoms with Crippen LogP contribution in [0.5, 0.6) is 11.5 Å². The van der Waals surface area contributed by atoms with Gasteiger partial charge >= 0.3 is 0 Å². The Bertz CT molecular complexity index is 751. The third-order valence-electron chi connectivity index (χ3n) is 5.06. The maximum absolute atomic E-state index is 11.8. The quantitative estimate of drug-likeness (QED) is 0.753. The third kappa shape index (κ3) is 3.29. The number of phenols is 2. The van der Waals surface area contributed by atoms with Gasteiger partial charge in [0.15, 0.2) is 11.6 Å². The molecule has 4 nitrogen and oxygen atoms in total. The zero-order valence-corrected chi connectivity index (χ0v) is 15.1. The van der Waals surface area contributed by atoms with E-state index in [9.17, 15) is 19.8 Å². The minimum Gasteiger partial charge on any atom is -0.507 e. The summed E-state index contributed by atoms with van der Waals surface area (Å²) in [7, 11) is 0. The molecule has 25 heavy (non-hydrogen) atoms. The second-order valence-electron chi connectivity index (χ2n) is 6.37. The first kappa shape index (κ1) is 18.7. The molecule has 132 valence electrons. The molecule has 0 aliphatic heterocycles. The van der Waals surface area contributed by atoms with Crippen LogP contribution in [0.15, 0.2) is 36.4 Å². The Kier molecular flexibility index (Phi) is 5.31. The van der Waals surface area contributed by atoms with Gasteiger partial charge in [-0.05, 0) is 62.1 Å². The van der Waals surface area contributed by atoms with Gasteiger partial charge in [-0.25, -0.2) is 0 Å². The number of carbonyl (C=O) groups is 2. The highest BCUT2D eigenvalue weighted by Gasteiger charge is 2.32. The Hall–Kier alpha value is -2.62. The number of aromatic hydroxyl groups is 2. The molecule has 0 unspecified atom stereocenters. The van der Waals surface area contributed by atoms with Crippen LogP contribution >= 0.6 is 0 Å². The monoisotopic (exact) mass is 340 g/mol. The molecule has 2 rings (SSSR count). The van der Waals surface area contributed by atoms with Crippen molar-refractivity contribution in [1.82, 2.24) is 0 Å². The van der Waals surface area contributed by atoms with Crippen molar-refractivity contribution in [1.29, 1.82) is 0 Å². The molecular formula is C21H24O4. The normalized spacial score (nSPS) is 11.4. The molecule has 0 aliphatic carbocycles. The van der Waals surface area contributed by atoms with Crippen molar-refractivity contribution >= 4 is 11.6 Å². The number of phenolic OH excluding ortho intramolecular Hbond substituents is 2. The molecule has 0 bridgehead atoms. The lowest BCUT2D eigenvalue weighted by Gasteiger charge is -2.34. The number of hydrogen-bond acceptors (Lipinski definition) is 4. The van der Waals surface area contributed by atoms with E-state index < -0.39 is 5.41 Å². The van der Waals surface area contributed by atoms with Gasteiger partial charge in [-0.1, -0.05) is 26.0 Å². The van der Waals surface area contributed by atoms with E-state index in [4.69, 9.17) is 0 Å². The molecule has 0 saturated heterocycles. The summed E-state index contributed by atoms with van der Waals surface area (Å²) in [5.41, 5.74) is 1.96. The number of rotatable bonds is 6. The zero-order valence-electron chi connectivity index (χ0n) is 15.1. The summed E-state index contributed by atoms with van der Waals surface area (Å²) in [6.07, 6.45) is 1.49. The lowest BCUT2D eigenvalue weighted by Crippen LogP contribution is -2.26. The number of benzene rings is 2. The van der Waals surface area contributed by atoms with Crippen molar-refractivity contribution in [3.8, 4) is 11.5 Å². The van der Waals surface area contributed by atoms with Crippen molar-refractivity contribution in [2.45, 2.75) is 46.0 Å². The number of ketones is 2. The summed E-state index contributed by atoms with van der Waals surface area (Å²) in [6.45, 7) is 6.94. The van der Waals surface area contributed by atoms with Crippen LogP contribution in [0.3, 0.4) is 0 Å².